The Labute approximate surface area is 81.7 Å². The van der Waals surface area contributed by atoms with Crippen LogP contribution in [-0.4, -0.2) is 18.1 Å². The van der Waals surface area contributed by atoms with Gasteiger partial charge < -0.3 is 4.74 Å². The van der Waals surface area contributed by atoms with E-state index in [1.165, 1.54) is 0 Å². The molecule has 1 aromatic heterocycles. The van der Waals surface area contributed by atoms with Gasteiger partial charge in [0.05, 0.1) is 12.7 Å². The van der Waals surface area contributed by atoms with Gasteiger partial charge in [0.2, 0.25) is 5.95 Å². The Morgan fingerprint density at radius 3 is 2.53 bits per heavy atom. The van der Waals surface area contributed by atoms with E-state index in [1.807, 2.05) is 0 Å². The molecule has 0 unspecified atom stereocenters. The molecule has 3 nitrogen and oxygen atoms in total. The molecule has 82 valence electrons. The molecule has 7 heteroatoms. The van der Waals surface area contributed by atoms with Crippen molar-refractivity contribution in [3.63, 3.8) is 0 Å². The molecule has 0 aliphatic carbocycles. The number of pyridine rings is 1. The van der Waals surface area contributed by atoms with Crippen LogP contribution in [0.25, 0.3) is 0 Å². The Morgan fingerprint density at radius 1 is 1.47 bits per heavy atom. The molecule has 15 heavy (non-hydrogen) atoms. The normalized spacial score (nSPS) is 11.3. The Bertz CT molecular complexity index is 389. The first-order valence-corrected chi connectivity index (χ1v) is 3.68. The van der Waals surface area contributed by atoms with Crippen molar-refractivity contribution in [1.29, 1.82) is 0 Å². The molecule has 0 radical (unpaired) electrons. The fourth-order valence-corrected chi connectivity index (χ4v) is 0.969. The molecule has 0 aromatic carbocycles. The number of nitrogens with zero attached hydrogens (tertiary/aromatic N) is 1. The zero-order valence-corrected chi connectivity index (χ0v) is 7.43. The van der Waals surface area contributed by atoms with Gasteiger partial charge in [0.25, 0.3) is 0 Å². The summed E-state index contributed by atoms with van der Waals surface area (Å²) in [5, 5.41) is 0. The monoisotopic (exact) mass is 223 g/mol. The second-order valence-electron chi connectivity index (χ2n) is 2.51. The maximum Gasteiger partial charge on any atom is 0.417 e. The lowest BCUT2D eigenvalue weighted by atomic mass is 10.1. The van der Waals surface area contributed by atoms with Crippen LogP contribution in [0.4, 0.5) is 17.6 Å². The molecule has 0 N–H and O–H groups in total. The molecule has 0 fully saturated rings. The second-order valence-corrected chi connectivity index (χ2v) is 2.51. The second kappa shape index (κ2) is 3.84. The van der Waals surface area contributed by atoms with E-state index in [0.717, 1.165) is 7.11 Å². The molecule has 1 aromatic rings. The van der Waals surface area contributed by atoms with Crippen LogP contribution in [0, 0.1) is 5.95 Å². The van der Waals surface area contributed by atoms with Crippen LogP contribution in [0.3, 0.4) is 0 Å². The summed E-state index contributed by atoms with van der Waals surface area (Å²) in [6.45, 7) is 0. The van der Waals surface area contributed by atoms with Gasteiger partial charge in [-0.15, -0.1) is 0 Å². The molecule has 0 atom stereocenters. The average molecular weight is 223 g/mol. The van der Waals surface area contributed by atoms with Gasteiger partial charge in [-0.1, -0.05) is 0 Å². The van der Waals surface area contributed by atoms with Crippen LogP contribution in [0.5, 0.6) is 0 Å². The zero-order valence-electron chi connectivity index (χ0n) is 7.43. The summed E-state index contributed by atoms with van der Waals surface area (Å²) >= 11 is 0. The number of aromatic nitrogens is 1. The smallest absolute Gasteiger partial charge is 0.417 e. The van der Waals surface area contributed by atoms with E-state index < -0.39 is 29.2 Å². The molecule has 1 rings (SSSR count). The Morgan fingerprint density at radius 2 is 2.07 bits per heavy atom. The van der Waals surface area contributed by atoms with Gasteiger partial charge in [-0.25, -0.2) is 9.78 Å². The summed E-state index contributed by atoms with van der Waals surface area (Å²) in [6, 6.07) is 0.509. The summed E-state index contributed by atoms with van der Waals surface area (Å²) in [4.78, 5) is 13.9. The van der Waals surface area contributed by atoms with Crippen LogP contribution in [0.1, 0.15) is 15.9 Å². The van der Waals surface area contributed by atoms with E-state index in [2.05, 4.69) is 9.72 Å². The van der Waals surface area contributed by atoms with Crippen LogP contribution in [0.15, 0.2) is 12.3 Å². The number of methoxy groups -OCH3 is 1. The minimum atomic E-state index is -4.83. The van der Waals surface area contributed by atoms with Crippen LogP contribution >= 0.6 is 0 Å². The number of hydrogen-bond donors (Lipinski definition) is 0. The predicted molar refractivity (Wildman–Crippen MR) is 40.5 cm³/mol. The maximum atomic E-state index is 12.9. The molecule has 0 aliphatic heterocycles. The first-order chi connectivity index (χ1) is 6.88. The fraction of sp³-hybridized carbons (Fsp3) is 0.250. The highest BCUT2D eigenvalue weighted by Crippen LogP contribution is 2.32. The van der Waals surface area contributed by atoms with Gasteiger partial charge in [0.15, 0.2) is 0 Å². The largest absolute Gasteiger partial charge is 0.465 e. The van der Waals surface area contributed by atoms with Gasteiger partial charge in [-0.2, -0.15) is 17.6 Å². The highest BCUT2D eigenvalue weighted by Gasteiger charge is 2.37. The van der Waals surface area contributed by atoms with Gasteiger partial charge in [0, 0.05) is 6.20 Å². The molecule has 0 aliphatic rings. The van der Waals surface area contributed by atoms with Gasteiger partial charge in [0.1, 0.15) is 5.56 Å². The molecule has 0 bridgehead atoms. The van der Waals surface area contributed by atoms with E-state index in [0.29, 0.717) is 12.3 Å². The fourth-order valence-electron chi connectivity index (χ4n) is 0.969. The van der Waals surface area contributed by atoms with E-state index >= 15 is 0 Å². The summed E-state index contributed by atoms with van der Waals surface area (Å²) in [5.74, 6) is -2.91. The van der Waals surface area contributed by atoms with E-state index in [1.54, 1.807) is 0 Å². The van der Waals surface area contributed by atoms with Crippen molar-refractivity contribution in [3.8, 4) is 0 Å². The topological polar surface area (TPSA) is 39.2 Å². The standard InChI is InChI=1S/C8H5F4NO2/c1-15-7(14)5-4(8(10,11)12)2-3-13-6(5)9/h2-3H,1H3. The van der Waals surface area contributed by atoms with Crippen molar-refractivity contribution < 1.29 is 27.1 Å². The lowest BCUT2D eigenvalue weighted by molar-refractivity contribution is -0.138. The van der Waals surface area contributed by atoms with E-state index in [-0.39, 0.29) is 0 Å². The minimum absolute atomic E-state index is 0.509. The number of hydrogen-bond acceptors (Lipinski definition) is 3. The first-order valence-electron chi connectivity index (χ1n) is 3.68. The van der Waals surface area contributed by atoms with Crippen LogP contribution in [0.2, 0.25) is 0 Å². The number of carbonyl (C=O) groups is 1. The Hall–Kier alpha value is -1.66. The molecule has 0 saturated carbocycles. The third-order valence-electron chi connectivity index (χ3n) is 1.60. The lowest BCUT2D eigenvalue weighted by Crippen LogP contribution is -2.17. The number of carbonyl (C=O) groups excluding carboxylic acids is 1. The van der Waals surface area contributed by atoms with E-state index in [4.69, 9.17) is 0 Å². The van der Waals surface area contributed by atoms with Gasteiger partial charge in [-0.3, -0.25) is 0 Å². The van der Waals surface area contributed by atoms with Crippen molar-refractivity contribution in [2.75, 3.05) is 7.11 Å². The molecule has 0 saturated heterocycles. The van der Waals surface area contributed by atoms with Crippen molar-refractivity contribution in [2.45, 2.75) is 6.18 Å². The van der Waals surface area contributed by atoms with Crippen molar-refractivity contribution in [2.24, 2.45) is 0 Å². The SMILES string of the molecule is COC(=O)c1c(C(F)(F)F)ccnc1F. The highest BCUT2D eigenvalue weighted by molar-refractivity contribution is 5.91. The third-order valence-corrected chi connectivity index (χ3v) is 1.60. The number of alkyl halides is 3. The Kier molecular flexibility index (Phi) is 2.92. The number of esters is 1. The minimum Gasteiger partial charge on any atom is -0.465 e. The maximum absolute atomic E-state index is 12.9. The molecule has 0 spiro atoms. The molecule has 1 heterocycles. The third kappa shape index (κ3) is 2.23. The Balaban J connectivity index is 3.40. The van der Waals surface area contributed by atoms with Crippen molar-refractivity contribution >= 4 is 5.97 Å². The quantitative estimate of drug-likeness (QED) is 0.415. The van der Waals surface area contributed by atoms with Crippen LogP contribution in [-0.2, 0) is 10.9 Å². The van der Waals surface area contributed by atoms with Crippen LogP contribution < -0.4 is 0 Å². The number of ether oxygens (including phenoxy) is 1. The zero-order chi connectivity index (χ0) is 11.6. The summed E-state index contributed by atoms with van der Waals surface area (Å²) in [6.07, 6.45) is -4.20. The summed E-state index contributed by atoms with van der Waals surface area (Å²) in [7, 11) is 0.856. The predicted octanol–water partition coefficient (Wildman–Crippen LogP) is 2.03. The lowest BCUT2D eigenvalue weighted by Gasteiger charge is -2.10. The summed E-state index contributed by atoms with van der Waals surface area (Å²) in [5.41, 5.74) is -2.60. The highest BCUT2D eigenvalue weighted by atomic mass is 19.4. The number of halogens is 4. The van der Waals surface area contributed by atoms with Crippen molar-refractivity contribution in [1.82, 2.24) is 4.98 Å². The van der Waals surface area contributed by atoms with E-state index in [9.17, 15) is 22.4 Å². The molecule has 0 amide bonds. The number of rotatable bonds is 1. The molecular formula is C8H5F4NO2. The van der Waals surface area contributed by atoms with Crippen molar-refractivity contribution in [3.05, 3.63) is 29.3 Å². The van der Waals surface area contributed by atoms with Gasteiger partial charge in [-0.05, 0) is 6.07 Å². The molecular weight excluding hydrogens is 218 g/mol. The van der Waals surface area contributed by atoms with Gasteiger partial charge >= 0.3 is 12.1 Å². The summed E-state index contributed by atoms with van der Waals surface area (Å²) < 4.78 is 53.9. The first kappa shape index (κ1) is 11.4. The average Bonchev–Trinajstić information content (AvgIpc) is 2.15.